The van der Waals surface area contributed by atoms with Gasteiger partial charge >= 0.3 is 5.97 Å². The van der Waals surface area contributed by atoms with E-state index in [1.807, 2.05) is 31.2 Å². The van der Waals surface area contributed by atoms with E-state index in [4.69, 9.17) is 4.74 Å². The molecule has 3 aromatic carbocycles. The lowest BCUT2D eigenvalue weighted by Gasteiger charge is -2.36. The van der Waals surface area contributed by atoms with E-state index in [2.05, 4.69) is 64.4 Å². The quantitative estimate of drug-likeness (QED) is 0.554. The normalized spacial score (nSPS) is 14.5. The molecule has 0 amide bonds. The summed E-state index contributed by atoms with van der Waals surface area (Å²) in [7, 11) is 0. The van der Waals surface area contributed by atoms with E-state index in [9.17, 15) is 4.79 Å². The Balaban J connectivity index is 1.37. The number of hydrogen-bond acceptors (Lipinski definition) is 4. The van der Waals surface area contributed by atoms with Gasteiger partial charge in [-0.25, -0.2) is 4.79 Å². The fraction of sp³-hybridized carbons (Fsp3) is 0.269. The standard InChI is InChI=1S/C26H28N2O2/c1-2-30-26(29)22-12-14-24(15-13-22)28-18-16-27(17-19-28)20-23-10-6-7-11-25(23)21-8-4-3-5-9-21/h3-15H,2,16-20H2,1H3. The predicted octanol–water partition coefficient (Wildman–Crippen LogP) is 4.85. The Kier molecular flexibility index (Phi) is 6.45. The minimum absolute atomic E-state index is 0.258. The first-order valence-electron chi connectivity index (χ1n) is 10.6. The molecule has 0 N–H and O–H groups in total. The molecule has 0 saturated carbocycles. The van der Waals surface area contributed by atoms with Gasteiger partial charge in [0.1, 0.15) is 0 Å². The van der Waals surface area contributed by atoms with Gasteiger partial charge in [-0.2, -0.15) is 0 Å². The molecule has 4 heteroatoms. The van der Waals surface area contributed by atoms with Crippen molar-refractivity contribution >= 4 is 11.7 Å². The van der Waals surface area contributed by atoms with E-state index < -0.39 is 0 Å². The minimum atomic E-state index is -0.258. The van der Waals surface area contributed by atoms with Crippen molar-refractivity contribution < 1.29 is 9.53 Å². The van der Waals surface area contributed by atoms with Crippen LogP contribution in [0.5, 0.6) is 0 Å². The second kappa shape index (κ2) is 9.59. The van der Waals surface area contributed by atoms with Gasteiger partial charge in [-0.05, 0) is 47.9 Å². The maximum absolute atomic E-state index is 11.8. The SMILES string of the molecule is CCOC(=O)c1ccc(N2CCN(Cc3ccccc3-c3ccccc3)CC2)cc1. The molecule has 0 radical (unpaired) electrons. The van der Waals surface area contributed by atoms with Gasteiger partial charge in [0, 0.05) is 38.4 Å². The molecule has 4 rings (SSSR count). The summed E-state index contributed by atoms with van der Waals surface area (Å²) in [4.78, 5) is 16.7. The molecule has 4 nitrogen and oxygen atoms in total. The van der Waals surface area contributed by atoms with E-state index in [-0.39, 0.29) is 5.97 Å². The van der Waals surface area contributed by atoms with Crippen LogP contribution in [0.15, 0.2) is 78.9 Å². The highest BCUT2D eigenvalue weighted by molar-refractivity contribution is 5.89. The summed E-state index contributed by atoms with van der Waals surface area (Å²) in [6.45, 7) is 7.17. The Morgan fingerprint density at radius 3 is 2.20 bits per heavy atom. The van der Waals surface area contributed by atoms with Gasteiger partial charge in [-0.3, -0.25) is 4.90 Å². The van der Waals surface area contributed by atoms with Crippen molar-refractivity contribution in [2.75, 3.05) is 37.7 Å². The number of hydrogen-bond donors (Lipinski definition) is 0. The van der Waals surface area contributed by atoms with Crippen molar-refractivity contribution in [1.29, 1.82) is 0 Å². The third-order valence-electron chi connectivity index (χ3n) is 5.61. The molecule has 0 unspecified atom stereocenters. The zero-order valence-electron chi connectivity index (χ0n) is 17.5. The molecule has 0 aromatic heterocycles. The second-order valence-electron chi connectivity index (χ2n) is 7.55. The molecular weight excluding hydrogens is 372 g/mol. The maximum atomic E-state index is 11.8. The van der Waals surface area contributed by atoms with Crippen molar-refractivity contribution in [2.24, 2.45) is 0 Å². The third kappa shape index (κ3) is 4.71. The molecule has 0 atom stereocenters. The predicted molar refractivity (Wildman–Crippen MR) is 122 cm³/mol. The molecule has 30 heavy (non-hydrogen) atoms. The minimum Gasteiger partial charge on any atom is -0.462 e. The highest BCUT2D eigenvalue weighted by atomic mass is 16.5. The van der Waals surface area contributed by atoms with Crippen molar-refractivity contribution in [3.8, 4) is 11.1 Å². The molecule has 1 saturated heterocycles. The lowest BCUT2D eigenvalue weighted by molar-refractivity contribution is 0.0526. The molecule has 0 spiro atoms. The van der Waals surface area contributed by atoms with E-state index in [1.54, 1.807) is 0 Å². The smallest absolute Gasteiger partial charge is 0.338 e. The average Bonchev–Trinajstić information content (AvgIpc) is 2.81. The van der Waals surface area contributed by atoms with Crippen LogP contribution < -0.4 is 4.90 Å². The molecule has 1 aliphatic heterocycles. The number of carbonyl (C=O) groups excluding carboxylic acids is 1. The van der Waals surface area contributed by atoms with E-state index in [0.717, 1.165) is 38.4 Å². The summed E-state index contributed by atoms with van der Waals surface area (Å²) in [5.41, 5.74) is 5.73. The van der Waals surface area contributed by atoms with Gasteiger partial charge < -0.3 is 9.64 Å². The fourth-order valence-electron chi connectivity index (χ4n) is 3.99. The zero-order chi connectivity index (χ0) is 20.8. The lowest BCUT2D eigenvalue weighted by Crippen LogP contribution is -2.46. The molecule has 154 valence electrons. The fourth-order valence-corrected chi connectivity index (χ4v) is 3.99. The number of rotatable bonds is 6. The first-order chi connectivity index (χ1) is 14.7. The number of esters is 1. The summed E-state index contributed by atoms with van der Waals surface area (Å²) in [5.74, 6) is -0.258. The van der Waals surface area contributed by atoms with Crippen LogP contribution in [-0.4, -0.2) is 43.7 Å². The van der Waals surface area contributed by atoms with Gasteiger partial charge in [0.05, 0.1) is 12.2 Å². The Labute approximate surface area is 178 Å². The van der Waals surface area contributed by atoms with E-state index in [0.29, 0.717) is 12.2 Å². The first-order valence-corrected chi connectivity index (χ1v) is 10.6. The van der Waals surface area contributed by atoms with Crippen LogP contribution in [0.1, 0.15) is 22.8 Å². The highest BCUT2D eigenvalue weighted by Gasteiger charge is 2.19. The Morgan fingerprint density at radius 2 is 1.50 bits per heavy atom. The Hall–Kier alpha value is -3.11. The summed E-state index contributed by atoms with van der Waals surface area (Å²) in [6, 6.07) is 27.1. The van der Waals surface area contributed by atoms with Gasteiger partial charge in [-0.15, -0.1) is 0 Å². The van der Waals surface area contributed by atoms with Crippen LogP contribution in [-0.2, 0) is 11.3 Å². The van der Waals surface area contributed by atoms with Crippen molar-refractivity contribution in [2.45, 2.75) is 13.5 Å². The van der Waals surface area contributed by atoms with Crippen LogP contribution in [0, 0.1) is 0 Å². The summed E-state index contributed by atoms with van der Waals surface area (Å²) >= 11 is 0. The van der Waals surface area contributed by atoms with E-state index >= 15 is 0 Å². The summed E-state index contributed by atoms with van der Waals surface area (Å²) in [5, 5.41) is 0. The van der Waals surface area contributed by atoms with Crippen molar-refractivity contribution in [3.05, 3.63) is 90.0 Å². The number of ether oxygens (including phenoxy) is 1. The van der Waals surface area contributed by atoms with Gasteiger partial charge in [0.15, 0.2) is 0 Å². The molecular formula is C26H28N2O2. The van der Waals surface area contributed by atoms with Crippen LogP contribution in [0.4, 0.5) is 5.69 Å². The first kappa shape index (κ1) is 20.2. The molecule has 1 heterocycles. The summed E-state index contributed by atoms with van der Waals surface area (Å²) in [6.07, 6.45) is 0. The van der Waals surface area contributed by atoms with Crippen LogP contribution >= 0.6 is 0 Å². The highest BCUT2D eigenvalue weighted by Crippen LogP contribution is 2.25. The van der Waals surface area contributed by atoms with Gasteiger partial charge in [-0.1, -0.05) is 54.6 Å². The van der Waals surface area contributed by atoms with E-state index in [1.165, 1.54) is 16.7 Å². The van der Waals surface area contributed by atoms with Gasteiger partial charge in [0.2, 0.25) is 0 Å². The largest absolute Gasteiger partial charge is 0.462 e. The molecule has 0 bridgehead atoms. The number of piperazine rings is 1. The molecule has 1 fully saturated rings. The summed E-state index contributed by atoms with van der Waals surface area (Å²) < 4.78 is 5.07. The number of benzene rings is 3. The number of anilines is 1. The maximum Gasteiger partial charge on any atom is 0.338 e. The Bertz CT molecular complexity index is 962. The topological polar surface area (TPSA) is 32.8 Å². The molecule has 3 aromatic rings. The van der Waals surface area contributed by atoms with Crippen molar-refractivity contribution in [3.63, 3.8) is 0 Å². The second-order valence-corrected chi connectivity index (χ2v) is 7.55. The zero-order valence-corrected chi connectivity index (χ0v) is 17.5. The molecule has 0 aliphatic carbocycles. The van der Waals surface area contributed by atoms with Crippen LogP contribution in [0.3, 0.4) is 0 Å². The molecule has 1 aliphatic rings. The Morgan fingerprint density at radius 1 is 0.833 bits per heavy atom. The van der Waals surface area contributed by atoms with Crippen LogP contribution in [0.2, 0.25) is 0 Å². The monoisotopic (exact) mass is 400 g/mol. The third-order valence-corrected chi connectivity index (χ3v) is 5.61. The van der Waals surface area contributed by atoms with Gasteiger partial charge in [0.25, 0.3) is 0 Å². The van der Waals surface area contributed by atoms with Crippen LogP contribution in [0.25, 0.3) is 11.1 Å². The van der Waals surface area contributed by atoms with Crippen molar-refractivity contribution in [1.82, 2.24) is 4.90 Å². The number of carbonyl (C=O) groups is 1. The lowest BCUT2D eigenvalue weighted by atomic mass is 9.99. The number of nitrogens with zero attached hydrogens (tertiary/aromatic N) is 2. The average molecular weight is 401 g/mol.